The number of carbonyl (C=O) groups excluding carboxylic acids is 1. The van der Waals surface area contributed by atoms with E-state index in [1.807, 2.05) is 57.2 Å². The highest BCUT2D eigenvalue weighted by molar-refractivity contribution is 9.10. The van der Waals surface area contributed by atoms with Crippen LogP contribution in [0.1, 0.15) is 77.6 Å². The molecule has 1 atom stereocenters. The van der Waals surface area contributed by atoms with Gasteiger partial charge in [0, 0.05) is 32.9 Å². The van der Waals surface area contributed by atoms with E-state index in [0.29, 0.717) is 21.6 Å². The molecule has 1 spiro atoms. The van der Waals surface area contributed by atoms with E-state index in [4.69, 9.17) is 4.03 Å². The Balaban J connectivity index is 1.66. The lowest BCUT2D eigenvalue weighted by molar-refractivity contribution is 0.102. The van der Waals surface area contributed by atoms with Gasteiger partial charge in [0.05, 0.1) is 21.0 Å². The quantitative estimate of drug-likeness (QED) is 0.341. The third-order valence-electron chi connectivity index (χ3n) is 8.76. The summed E-state index contributed by atoms with van der Waals surface area (Å²) in [7, 11) is -4.98. The molecule has 1 aliphatic carbocycles. The number of anilines is 2. The van der Waals surface area contributed by atoms with E-state index in [-0.39, 0.29) is 10.9 Å². The van der Waals surface area contributed by atoms with Crippen molar-refractivity contribution in [2.24, 2.45) is 9.44 Å². The second-order valence-corrected chi connectivity index (χ2v) is 22.7. The molecule has 2 aromatic rings. The Labute approximate surface area is 239 Å². The van der Waals surface area contributed by atoms with Gasteiger partial charge in [0.25, 0.3) is 5.91 Å². The molecule has 8 heteroatoms. The second kappa shape index (κ2) is 10.1. The van der Waals surface area contributed by atoms with Crippen LogP contribution in [-0.2, 0) is 9.73 Å². The first-order valence-corrected chi connectivity index (χ1v) is 19.0. The predicted octanol–water partition coefficient (Wildman–Crippen LogP) is 8.71. The number of hydrogen-bond acceptors (Lipinski definition) is 4. The van der Waals surface area contributed by atoms with Gasteiger partial charge in [-0.2, -0.15) is 0 Å². The van der Waals surface area contributed by atoms with Crippen LogP contribution in [0.2, 0.25) is 18.1 Å². The molecule has 38 heavy (non-hydrogen) atoms. The zero-order valence-corrected chi connectivity index (χ0v) is 27.7. The van der Waals surface area contributed by atoms with Crippen LogP contribution in [0.25, 0.3) is 0 Å². The fourth-order valence-corrected chi connectivity index (χ4v) is 11.6. The summed E-state index contributed by atoms with van der Waals surface area (Å²) in [5.41, 5.74) is 2.84. The molecular weight excluding hydrogens is 574 g/mol. The molecule has 0 radical (unpaired) electrons. The molecule has 0 bridgehead atoms. The SMILES string of the molecule is CC(C)(C)[Si](C)(C)N=S(=O)(c1cccc(NC(=O)c2ccc(Br)cc2N2CCC3(CC2)CC3)c1)C(C)(C)C. The highest BCUT2D eigenvalue weighted by atomic mass is 79.9. The van der Waals surface area contributed by atoms with Crippen molar-refractivity contribution < 1.29 is 9.00 Å². The first kappa shape index (κ1) is 29.3. The van der Waals surface area contributed by atoms with Gasteiger partial charge < -0.3 is 10.2 Å². The lowest BCUT2D eigenvalue weighted by Gasteiger charge is -2.36. The normalized spacial score (nSPS) is 19.1. The van der Waals surface area contributed by atoms with Crippen LogP contribution in [0.15, 0.2) is 55.9 Å². The molecule has 4 rings (SSSR count). The molecule has 5 nitrogen and oxygen atoms in total. The van der Waals surface area contributed by atoms with Gasteiger partial charge in [0.2, 0.25) is 0 Å². The zero-order valence-electron chi connectivity index (χ0n) is 24.3. The van der Waals surface area contributed by atoms with E-state index in [9.17, 15) is 9.00 Å². The third-order valence-corrected chi connectivity index (χ3v) is 18.3. The topological polar surface area (TPSA) is 61.8 Å². The molecule has 2 fully saturated rings. The van der Waals surface area contributed by atoms with Crippen LogP contribution in [-0.4, -0.2) is 36.2 Å². The van der Waals surface area contributed by atoms with Gasteiger partial charge in [0.15, 0.2) is 8.24 Å². The first-order chi connectivity index (χ1) is 17.5. The number of rotatable bonds is 5. The van der Waals surface area contributed by atoms with Crippen molar-refractivity contribution in [3.63, 3.8) is 0 Å². The van der Waals surface area contributed by atoms with E-state index in [1.165, 1.54) is 25.7 Å². The Morgan fingerprint density at radius 1 is 1.00 bits per heavy atom. The van der Waals surface area contributed by atoms with Gasteiger partial charge in [0.1, 0.15) is 0 Å². The predicted molar refractivity (Wildman–Crippen MR) is 167 cm³/mol. The Hall–Kier alpha value is -1.64. The van der Waals surface area contributed by atoms with Gasteiger partial charge in [-0.3, -0.25) is 8.82 Å². The fraction of sp³-hybridized carbons (Fsp3) is 0.567. The largest absolute Gasteiger partial charge is 0.371 e. The summed E-state index contributed by atoms with van der Waals surface area (Å²) < 4.78 is 20.3. The van der Waals surface area contributed by atoms with Crippen LogP contribution >= 0.6 is 15.9 Å². The minimum absolute atomic E-state index is 0.0294. The number of nitrogens with zero attached hydrogens (tertiary/aromatic N) is 2. The van der Waals surface area contributed by atoms with Crippen LogP contribution in [0.4, 0.5) is 11.4 Å². The van der Waals surface area contributed by atoms with E-state index < -0.39 is 22.7 Å². The number of nitrogens with one attached hydrogen (secondary N) is 1. The number of amides is 1. The van der Waals surface area contributed by atoms with Crippen molar-refractivity contribution in [3.05, 3.63) is 52.5 Å². The van der Waals surface area contributed by atoms with Gasteiger partial charge in [-0.15, -0.1) is 0 Å². The number of halogens is 1. The van der Waals surface area contributed by atoms with E-state index in [2.05, 4.69) is 66.1 Å². The molecular formula is C30H44BrN3O2SSi. The van der Waals surface area contributed by atoms with E-state index >= 15 is 0 Å². The van der Waals surface area contributed by atoms with Crippen molar-refractivity contribution in [2.75, 3.05) is 23.3 Å². The minimum Gasteiger partial charge on any atom is -0.371 e. The standard InChI is InChI=1S/C30H44BrN3O2SSi/c1-28(2,3)37(36,33-38(7,8)29(4,5)6)24-11-9-10-23(21-24)32-27(35)25-13-12-22(31)20-26(25)34-18-16-30(14-15-30)17-19-34/h9-13,20-21H,14-19H2,1-8H3,(H,32,35). The molecule has 2 aromatic carbocycles. The summed E-state index contributed by atoms with van der Waals surface area (Å²) in [6.45, 7) is 18.9. The first-order valence-electron chi connectivity index (χ1n) is 13.7. The molecule has 1 aliphatic heterocycles. The van der Waals surface area contributed by atoms with Crippen LogP contribution in [0.5, 0.6) is 0 Å². The van der Waals surface area contributed by atoms with Crippen molar-refractivity contribution in [1.82, 2.24) is 0 Å². The molecule has 1 heterocycles. The van der Waals surface area contributed by atoms with E-state index in [1.54, 1.807) is 0 Å². The number of piperidine rings is 1. The van der Waals surface area contributed by atoms with Crippen molar-refractivity contribution in [2.45, 2.75) is 95.0 Å². The zero-order chi connectivity index (χ0) is 28.1. The Morgan fingerprint density at radius 3 is 2.18 bits per heavy atom. The average molecular weight is 619 g/mol. The molecule has 1 N–H and O–H groups in total. The van der Waals surface area contributed by atoms with Gasteiger partial charge in [-0.25, -0.2) is 4.21 Å². The lowest BCUT2D eigenvalue weighted by atomic mass is 9.93. The number of carbonyl (C=O) groups is 1. The van der Waals surface area contributed by atoms with Gasteiger partial charge >= 0.3 is 0 Å². The summed E-state index contributed by atoms with van der Waals surface area (Å²) in [6, 6.07) is 13.4. The molecule has 0 aromatic heterocycles. The second-order valence-electron chi connectivity index (χ2n) is 13.7. The Kier molecular flexibility index (Phi) is 7.78. The molecule has 208 valence electrons. The van der Waals surface area contributed by atoms with Crippen LogP contribution < -0.4 is 10.2 Å². The molecule has 1 amide bonds. The van der Waals surface area contributed by atoms with Crippen molar-refractivity contribution in [3.8, 4) is 0 Å². The molecule has 2 aliphatic rings. The summed E-state index contributed by atoms with van der Waals surface area (Å²) in [4.78, 5) is 16.6. The molecule has 1 unspecified atom stereocenters. The minimum atomic E-state index is -2.76. The monoisotopic (exact) mass is 617 g/mol. The highest BCUT2D eigenvalue weighted by Gasteiger charge is 2.45. The summed E-state index contributed by atoms with van der Waals surface area (Å²) >= 11 is 3.60. The number of benzene rings is 2. The Morgan fingerprint density at radius 2 is 1.63 bits per heavy atom. The smallest absolute Gasteiger partial charge is 0.257 e. The highest BCUT2D eigenvalue weighted by Crippen LogP contribution is 2.54. The van der Waals surface area contributed by atoms with Crippen LogP contribution in [0.3, 0.4) is 0 Å². The lowest BCUT2D eigenvalue weighted by Crippen LogP contribution is -2.40. The summed E-state index contributed by atoms with van der Waals surface area (Å²) in [6.07, 6.45) is 5.09. The average Bonchev–Trinajstić information content (AvgIpc) is 3.56. The maximum Gasteiger partial charge on any atom is 0.257 e. The number of hydrogen-bond donors (Lipinski definition) is 1. The van der Waals surface area contributed by atoms with Crippen molar-refractivity contribution >= 4 is 51.2 Å². The fourth-order valence-electron chi connectivity index (χ4n) is 4.80. The molecule has 1 saturated heterocycles. The maximum absolute atomic E-state index is 14.7. The Bertz CT molecular complexity index is 1340. The van der Waals surface area contributed by atoms with Crippen molar-refractivity contribution in [1.29, 1.82) is 0 Å². The summed E-state index contributed by atoms with van der Waals surface area (Å²) in [5.74, 6) is -0.153. The maximum atomic E-state index is 14.7. The van der Waals surface area contributed by atoms with Gasteiger partial charge in [-0.05, 0) is 106 Å². The third kappa shape index (κ3) is 5.92. The molecule has 1 saturated carbocycles. The van der Waals surface area contributed by atoms with Crippen LogP contribution in [0, 0.1) is 5.41 Å². The summed E-state index contributed by atoms with van der Waals surface area (Å²) in [5, 5.41) is 3.08. The van der Waals surface area contributed by atoms with Gasteiger partial charge in [-0.1, -0.05) is 42.8 Å². The van der Waals surface area contributed by atoms with E-state index in [0.717, 1.165) is 23.2 Å².